The molecule has 0 aromatic rings. The van der Waals surface area contributed by atoms with Gasteiger partial charge in [0.1, 0.15) is 0 Å². The third kappa shape index (κ3) is 5.83. The smallest absolute Gasteiger partial charge is 0.220 e. The Kier molecular flexibility index (Phi) is 7.28. The average molecular weight is 256 g/mol. The van der Waals surface area contributed by atoms with E-state index in [4.69, 9.17) is 0 Å². The van der Waals surface area contributed by atoms with Crippen LogP contribution in [0.5, 0.6) is 0 Å². The van der Waals surface area contributed by atoms with Gasteiger partial charge in [-0.2, -0.15) is 0 Å². The van der Waals surface area contributed by atoms with E-state index in [1.807, 2.05) is 0 Å². The third-order valence-corrected chi connectivity index (χ3v) is 3.50. The summed E-state index contributed by atoms with van der Waals surface area (Å²) < 4.78 is 0. The number of carbonyl (C=O) groups excluding carboxylic acids is 1. The van der Waals surface area contributed by atoms with Gasteiger partial charge in [-0.05, 0) is 44.7 Å². The lowest BCUT2D eigenvalue weighted by Crippen LogP contribution is -2.33. The lowest BCUT2D eigenvalue weighted by molar-refractivity contribution is -0.121. The van der Waals surface area contributed by atoms with Crippen molar-refractivity contribution >= 4 is 5.91 Å². The highest BCUT2D eigenvalue weighted by Gasteiger charge is 2.22. The van der Waals surface area contributed by atoms with Gasteiger partial charge in [-0.15, -0.1) is 0 Å². The van der Waals surface area contributed by atoms with Crippen LogP contribution in [0.1, 0.15) is 46.0 Å². The van der Waals surface area contributed by atoms with E-state index in [0.717, 1.165) is 38.9 Å². The number of likely N-dealkylation sites (tertiary alicyclic amines) is 1. The second-order valence-electron chi connectivity index (χ2n) is 5.67. The van der Waals surface area contributed by atoms with Crippen LogP contribution < -0.4 is 5.32 Å². The van der Waals surface area contributed by atoms with E-state index in [2.05, 4.69) is 24.1 Å². The zero-order valence-corrected chi connectivity index (χ0v) is 11.8. The van der Waals surface area contributed by atoms with Gasteiger partial charge < -0.3 is 10.4 Å². The fourth-order valence-corrected chi connectivity index (χ4v) is 2.51. The van der Waals surface area contributed by atoms with Crippen LogP contribution in [0.3, 0.4) is 0 Å². The summed E-state index contributed by atoms with van der Waals surface area (Å²) >= 11 is 0. The minimum absolute atomic E-state index is 0.166. The predicted molar refractivity (Wildman–Crippen MR) is 73.4 cm³/mol. The van der Waals surface area contributed by atoms with Crippen LogP contribution in [-0.2, 0) is 4.79 Å². The van der Waals surface area contributed by atoms with Crippen LogP contribution in [0.15, 0.2) is 0 Å². The van der Waals surface area contributed by atoms with Crippen molar-refractivity contribution < 1.29 is 9.90 Å². The van der Waals surface area contributed by atoms with E-state index in [1.54, 1.807) is 0 Å². The second-order valence-corrected chi connectivity index (χ2v) is 5.67. The maximum Gasteiger partial charge on any atom is 0.220 e. The predicted octanol–water partition coefficient (Wildman–Crippen LogP) is 1.39. The zero-order valence-electron chi connectivity index (χ0n) is 11.8. The maximum absolute atomic E-state index is 11.4. The Bertz CT molecular complexity index is 244. The molecule has 1 amide bonds. The van der Waals surface area contributed by atoms with Crippen LogP contribution in [0.2, 0.25) is 0 Å². The SMILES string of the molecule is CC(C)CC(=O)NCCCCN1CCCC1CO. The van der Waals surface area contributed by atoms with Crippen molar-refractivity contribution in [3.8, 4) is 0 Å². The van der Waals surface area contributed by atoms with Crippen molar-refractivity contribution in [3.63, 3.8) is 0 Å². The highest BCUT2D eigenvalue weighted by Crippen LogP contribution is 2.16. The molecule has 1 aliphatic heterocycles. The molecular weight excluding hydrogens is 228 g/mol. The number of amides is 1. The van der Waals surface area contributed by atoms with Crippen molar-refractivity contribution in [1.29, 1.82) is 0 Å². The summed E-state index contributed by atoms with van der Waals surface area (Å²) in [7, 11) is 0. The molecule has 1 unspecified atom stereocenters. The summed E-state index contributed by atoms with van der Waals surface area (Å²) in [6.07, 6.45) is 5.08. The molecule has 0 aromatic heterocycles. The van der Waals surface area contributed by atoms with Gasteiger partial charge in [0.15, 0.2) is 0 Å². The lowest BCUT2D eigenvalue weighted by atomic mass is 10.1. The van der Waals surface area contributed by atoms with E-state index in [0.29, 0.717) is 18.4 Å². The quantitative estimate of drug-likeness (QED) is 0.645. The Balaban J connectivity index is 2.00. The molecule has 1 saturated heterocycles. The van der Waals surface area contributed by atoms with E-state index in [1.165, 1.54) is 6.42 Å². The summed E-state index contributed by atoms with van der Waals surface area (Å²) in [5.74, 6) is 0.597. The molecule has 106 valence electrons. The minimum Gasteiger partial charge on any atom is -0.395 e. The number of unbranched alkanes of at least 4 members (excludes halogenated alkanes) is 1. The Labute approximate surface area is 111 Å². The molecule has 0 saturated carbocycles. The van der Waals surface area contributed by atoms with Crippen LogP contribution in [-0.4, -0.2) is 48.2 Å². The average Bonchev–Trinajstić information content (AvgIpc) is 2.75. The van der Waals surface area contributed by atoms with E-state index < -0.39 is 0 Å². The summed E-state index contributed by atoms with van der Waals surface area (Å²) in [6.45, 7) is 7.34. The van der Waals surface area contributed by atoms with E-state index in [9.17, 15) is 9.90 Å². The van der Waals surface area contributed by atoms with Crippen molar-refractivity contribution in [2.24, 2.45) is 5.92 Å². The Morgan fingerprint density at radius 1 is 1.44 bits per heavy atom. The number of nitrogens with one attached hydrogen (secondary N) is 1. The number of aliphatic hydroxyl groups is 1. The standard InChI is InChI=1S/C14H28N2O2/c1-12(2)10-14(18)15-7-3-4-8-16-9-5-6-13(16)11-17/h12-13,17H,3-11H2,1-2H3,(H,15,18). The molecule has 1 atom stereocenters. The molecule has 1 heterocycles. The summed E-state index contributed by atoms with van der Waals surface area (Å²) in [6, 6.07) is 0.375. The fraction of sp³-hybridized carbons (Fsp3) is 0.929. The first-order valence-corrected chi connectivity index (χ1v) is 7.25. The highest BCUT2D eigenvalue weighted by atomic mass is 16.3. The molecule has 0 radical (unpaired) electrons. The second kappa shape index (κ2) is 8.48. The van der Waals surface area contributed by atoms with Crippen molar-refractivity contribution in [3.05, 3.63) is 0 Å². The first-order chi connectivity index (χ1) is 8.63. The fourth-order valence-electron chi connectivity index (χ4n) is 2.51. The van der Waals surface area contributed by atoms with Crippen molar-refractivity contribution in [1.82, 2.24) is 10.2 Å². The Morgan fingerprint density at radius 2 is 2.22 bits per heavy atom. The van der Waals surface area contributed by atoms with Gasteiger partial charge in [0.25, 0.3) is 0 Å². The summed E-state index contributed by atoms with van der Waals surface area (Å²) in [4.78, 5) is 13.8. The molecule has 0 spiro atoms. The zero-order chi connectivity index (χ0) is 13.4. The number of hydrogen-bond donors (Lipinski definition) is 2. The topological polar surface area (TPSA) is 52.6 Å². The van der Waals surface area contributed by atoms with Gasteiger partial charge in [0.05, 0.1) is 6.61 Å². The Hall–Kier alpha value is -0.610. The molecule has 1 fully saturated rings. The molecule has 0 bridgehead atoms. The van der Waals surface area contributed by atoms with Crippen molar-refractivity contribution in [2.45, 2.75) is 52.0 Å². The molecule has 4 heteroatoms. The normalized spacial score (nSPS) is 20.6. The third-order valence-electron chi connectivity index (χ3n) is 3.50. The van der Waals surface area contributed by atoms with Gasteiger partial charge in [-0.1, -0.05) is 13.8 Å². The monoisotopic (exact) mass is 256 g/mol. The van der Waals surface area contributed by atoms with Gasteiger partial charge in [0.2, 0.25) is 5.91 Å². The van der Waals surface area contributed by atoms with Gasteiger partial charge >= 0.3 is 0 Å². The maximum atomic E-state index is 11.4. The number of carbonyl (C=O) groups is 1. The first kappa shape index (κ1) is 15.4. The van der Waals surface area contributed by atoms with Crippen LogP contribution >= 0.6 is 0 Å². The van der Waals surface area contributed by atoms with Crippen LogP contribution in [0.25, 0.3) is 0 Å². The molecule has 0 aliphatic carbocycles. The van der Waals surface area contributed by atoms with Crippen LogP contribution in [0.4, 0.5) is 0 Å². The minimum atomic E-state index is 0.166. The lowest BCUT2D eigenvalue weighted by Gasteiger charge is -2.22. The molecule has 2 N–H and O–H groups in total. The summed E-state index contributed by atoms with van der Waals surface area (Å²) in [5.41, 5.74) is 0. The van der Waals surface area contributed by atoms with Gasteiger partial charge in [-0.3, -0.25) is 9.69 Å². The molecule has 1 aliphatic rings. The molecule has 0 aromatic carbocycles. The number of nitrogens with zero attached hydrogens (tertiary/aromatic N) is 1. The highest BCUT2D eigenvalue weighted by molar-refractivity contribution is 5.75. The Morgan fingerprint density at radius 3 is 2.89 bits per heavy atom. The molecule has 4 nitrogen and oxygen atoms in total. The van der Waals surface area contributed by atoms with Gasteiger partial charge in [0, 0.05) is 19.0 Å². The number of hydrogen-bond acceptors (Lipinski definition) is 3. The van der Waals surface area contributed by atoms with Crippen LogP contribution in [0, 0.1) is 5.92 Å². The first-order valence-electron chi connectivity index (χ1n) is 7.25. The largest absolute Gasteiger partial charge is 0.395 e. The van der Waals surface area contributed by atoms with E-state index in [-0.39, 0.29) is 12.5 Å². The van der Waals surface area contributed by atoms with Gasteiger partial charge in [-0.25, -0.2) is 0 Å². The van der Waals surface area contributed by atoms with E-state index >= 15 is 0 Å². The molecule has 1 rings (SSSR count). The number of aliphatic hydroxyl groups excluding tert-OH is 1. The summed E-state index contributed by atoms with van der Waals surface area (Å²) in [5, 5.41) is 12.2. The molecule has 18 heavy (non-hydrogen) atoms. The van der Waals surface area contributed by atoms with Crippen molar-refractivity contribution in [2.75, 3.05) is 26.2 Å². The number of rotatable bonds is 8. The molecular formula is C14H28N2O2.